The van der Waals surface area contributed by atoms with Gasteiger partial charge in [0.15, 0.2) is 0 Å². The second-order valence-corrected chi connectivity index (χ2v) is 5.06. The van der Waals surface area contributed by atoms with Crippen LogP contribution in [-0.2, 0) is 0 Å². The van der Waals surface area contributed by atoms with E-state index in [-0.39, 0.29) is 6.10 Å². The van der Waals surface area contributed by atoms with Crippen LogP contribution in [0.3, 0.4) is 0 Å². The van der Waals surface area contributed by atoms with Crippen LogP contribution in [0.25, 0.3) is 0 Å². The molecule has 3 rings (SSSR count). The lowest BCUT2D eigenvalue weighted by molar-refractivity contribution is 0.165. The van der Waals surface area contributed by atoms with E-state index < -0.39 is 0 Å². The quantitative estimate of drug-likeness (QED) is 0.870. The molecule has 0 spiro atoms. The van der Waals surface area contributed by atoms with Crippen molar-refractivity contribution in [3.05, 3.63) is 23.8 Å². The van der Waals surface area contributed by atoms with Gasteiger partial charge in [0, 0.05) is 24.1 Å². The molecule has 1 aliphatic heterocycles. The maximum absolute atomic E-state index is 5.87. The number of ether oxygens (including phenoxy) is 2. The Morgan fingerprint density at radius 3 is 2.88 bits per heavy atom. The SMILES string of the molecule is COc1ccc2c(c1)C(NC1CC1)CC(C)O2. The van der Waals surface area contributed by atoms with Gasteiger partial charge in [0.2, 0.25) is 0 Å². The van der Waals surface area contributed by atoms with Gasteiger partial charge in [-0.3, -0.25) is 0 Å². The highest BCUT2D eigenvalue weighted by atomic mass is 16.5. The van der Waals surface area contributed by atoms with Crippen molar-refractivity contribution in [2.75, 3.05) is 7.11 Å². The van der Waals surface area contributed by atoms with Crippen LogP contribution in [0.1, 0.15) is 37.8 Å². The zero-order chi connectivity index (χ0) is 11.8. The van der Waals surface area contributed by atoms with Crippen molar-refractivity contribution >= 4 is 0 Å². The van der Waals surface area contributed by atoms with E-state index >= 15 is 0 Å². The zero-order valence-electron chi connectivity index (χ0n) is 10.4. The third-order valence-corrected chi connectivity index (χ3v) is 3.50. The van der Waals surface area contributed by atoms with Crippen molar-refractivity contribution in [2.24, 2.45) is 0 Å². The average Bonchev–Trinajstić information content (AvgIpc) is 3.12. The van der Waals surface area contributed by atoms with Gasteiger partial charge in [-0.05, 0) is 38.0 Å². The number of methoxy groups -OCH3 is 1. The molecule has 1 aromatic rings. The number of hydrogen-bond donors (Lipinski definition) is 1. The predicted octanol–water partition coefficient (Wildman–Crippen LogP) is 2.66. The number of fused-ring (bicyclic) bond motifs is 1. The Morgan fingerprint density at radius 2 is 2.18 bits per heavy atom. The van der Waals surface area contributed by atoms with E-state index in [2.05, 4.69) is 18.3 Å². The molecule has 1 fully saturated rings. The van der Waals surface area contributed by atoms with Crippen LogP contribution in [0.4, 0.5) is 0 Å². The molecule has 0 aromatic heterocycles. The highest BCUT2D eigenvalue weighted by molar-refractivity contribution is 5.43. The fraction of sp³-hybridized carbons (Fsp3) is 0.571. The van der Waals surface area contributed by atoms with Gasteiger partial charge in [0.1, 0.15) is 11.5 Å². The van der Waals surface area contributed by atoms with Gasteiger partial charge >= 0.3 is 0 Å². The maximum atomic E-state index is 5.87. The van der Waals surface area contributed by atoms with Crippen LogP contribution in [0.5, 0.6) is 11.5 Å². The van der Waals surface area contributed by atoms with E-state index in [0.717, 1.165) is 17.9 Å². The lowest BCUT2D eigenvalue weighted by Crippen LogP contribution is -2.32. The Kier molecular flexibility index (Phi) is 2.71. The molecule has 17 heavy (non-hydrogen) atoms. The number of rotatable bonds is 3. The van der Waals surface area contributed by atoms with Crippen LogP contribution < -0.4 is 14.8 Å². The standard InChI is InChI=1S/C14H19NO2/c1-9-7-13(15-10-3-4-10)12-8-11(16-2)5-6-14(12)17-9/h5-6,8-10,13,15H,3-4,7H2,1-2H3. The van der Waals surface area contributed by atoms with Gasteiger partial charge in [0.05, 0.1) is 13.2 Å². The largest absolute Gasteiger partial charge is 0.497 e. The van der Waals surface area contributed by atoms with Crippen LogP contribution in [0, 0.1) is 0 Å². The molecule has 0 bridgehead atoms. The predicted molar refractivity (Wildman–Crippen MR) is 66.6 cm³/mol. The first-order valence-electron chi connectivity index (χ1n) is 6.37. The highest BCUT2D eigenvalue weighted by Gasteiger charge is 2.31. The summed E-state index contributed by atoms with van der Waals surface area (Å²) in [6, 6.07) is 7.21. The van der Waals surface area contributed by atoms with E-state index in [1.807, 2.05) is 12.1 Å². The monoisotopic (exact) mass is 233 g/mol. The minimum Gasteiger partial charge on any atom is -0.497 e. The molecule has 0 saturated heterocycles. The first kappa shape index (κ1) is 10.9. The Bertz CT molecular complexity index is 415. The number of benzene rings is 1. The van der Waals surface area contributed by atoms with Crippen LogP contribution >= 0.6 is 0 Å². The molecular formula is C14H19NO2. The fourth-order valence-electron chi connectivity index (χ4n) is 2.45. The fourth-order valence-corrected chi connectivity index (χ4v) is 2.45. The van der Waals surface area contributed by atoms with Gasteiger partial charge in [-0.25, -0.2) is 0 Å². The summed E-state index contributed by atoms with van der Waals surface area (Å²) in [7, 11) is 1.71. The number of hydrogen-bond acceptors (Lipinski definition) is 3. The molecule has 1 N–H and O–H groups in total. The molecule has 3 nitrogen and oxygen atoms in total. The molecule has 2 atom stereocenters. The van der Waals surface area contributed by atoms with E-state index in [1.165, 1.54) is 18.4 Å². The van der Waals surface area contributed by atoms with Gasteiger partial charge in [-0.15, -0.1) is 0 Å². The lowest BCUT2D eigenvalue weighted by Gasteiger charge is -2.31. The molecule has 2 aliphatic rings. The van der Waals surface area contributed by atoms with E-state index in [0.29, 0.717) is 12.1 Å². The molecule has 92 valence electrons. The highest BCUT2D eigenvalue weighted by Crippen LogP contribution is 2.38. The topological polar surface area (TPSA) is 30.5 Å². The number of nitrogens with one attached hydrogen (secondary N) is 1. The van der Waals surface area contributed by atoms with E-state index in [9.17, 15) is 0 Å². The smallest absolute Gasteiger partial charge is 0.124 e. The van der Waals surface area contributed by atoms with Gasteiger partial charge in [-0.2, -0.15) is 0 Å². The summed E-state index contributed by atoms with van der Waals surface area (Å²) in [5.74, 6) is 1.91. The first-order chi connectivity index (χ1) is 8.26. The summed E-state index contributed by atoms with van der Waals surface area (Å²) in [6.07, 6.45) is 3.94. The van der Waals surface area contributed by atoms with E-state index in [4.69, 9.17) is 9.47 Å². The summed E-state index contributed by atoms with van der Waals surface area (Å²) < 4.78 is 11.2. The molecule has 1 aliphatic carbocycles. The van der Waals surface area contributed by atoms with Crippen molar-refractivity contribution in [3.63, 3.8) is 0 Å². The molecular weight excluding hydrogens is 214 g/mol. The summed E-state index contributed by atoms with van der Waals surface area (Å²) in [6.45, 7) is 2.13. The van der Waals surface area contributed by atoms with Crippen molar-refractivity contribution in [1.29, 1.82) is 0 Å². The van der Waals surface area contributed by atoms with Gasteiger partial charge in [0.25, 0.3) is 0 Å². The Balaban J connectivity index is 1.90. The van der Waals surface area contributed by atoms with E-state index in [1.54, 1.807) is 7.11 Å². The summed E-state index contributed by atoms with van der Waals surface area (Å²) >= 11 is 0. The summed E-state index contributed by atoms with van der Waals surface area (Å²) in [5.41, 5.74) is 1.24. The van der Waals surface area contributed by atoms with Crippen molar-refractivity contribution in [3.8, 4) is 11.5 Å². The lowest BCUT2D eigenvalue weighted by atomic mass is 9.96. The molecule has 0 amide bonds. The molecule has 1 heterocycles. The van der Waals surface area contributed by atoms with Crippen LogP contribution in [0.2, 0.25) is 0 Å². The maximum Gasteiger partial charge on any atom is 0.124 e. The van der Waals surface area contributed by atoms with Gasteiger partial charge in [-0.1, -0.05) is 0 Å². The second-order valence-electron chi connectivity index (χ2n) is 5.06. The minimum absolute atomic E-state index is 0.284. The average molecular weight is 233 g/mol. The normalized spacial score (nSPS) is 27.2. The minimum atomic E-state index is 0.284. The summed E-state index contributed by atoms with van der Waals surface area (Å²) in [4.78, 5) is 0. The first-order valence-corrected chi connectivity index (χ1v) is 6.37. The Labute approximate surface area is 102 Å². The zero-order valence-corrected chi connectivity index (χ0v) is 10.4. The van der Waals surface area contributed by atoms with Crippen LogP contribution in [-0.4, -0.2) is 19.3 Å². The molecule has 1 saturated carbocycles. The molecule has 3 heteroatoms. The third-order valence-electron chi connectivity index (χ3n) is 3.50. The summed E-state index contributed by atoms with van der Waals surface area (Å²) in [5, 5.41) is 3.70. The van der Waals surface area contributed by atoms with Crippen molar-refractivity contribution in [1.82, 2.24) is 5.32 Å². The van der Waals surface area contributed by atoms with Crippen molar-refractivity contribution < 1.29 is 9.47 Å². The van der Waals surface area contributed by atoms with Crippen molar-refractivity contribution in [2.45, 2.75) is 44.4 Å². The Morgan fingerprint density at radius 1 is 1.35 bits per heavy atom. The second kappa shape index (κ2) is 4.22. The van der Waals surface area contributed by atoms with Crippen LogP contribution in [0.15, 0.2) is 18.2 Å². The Hall–Kier alpha value is -1.22. The van der Waals surface area contributed by atoms with Gasteiger partial charge < -0.3 is 14.8 Å². The molecule has 2 unspecified atom stereocenters. The molecule has 1 aromatic carbocycles. The third kappa shape index (κ3) is 2.25. The molecule has 0 radical (unpaired) electrons.